The number of carbonyl (C=O) groups is 2. The fourth-order valence-corrected chi connectivity index (χ4v) is 2.98. The average Bonchev–Trinajstić information content (AvgIpc) is 3.25. The van der Waals surface area contributed by atoms with E-state index in [2.05, 4.69) is 53.2 Å². The Bertz CT molecular complexity index is 885. The zero-order chi connectivity index (χ0) is 23.1. The molecule has 0 aromatic carbocycles. The van der Waals surface area contributed by atoms with Crippen LogP contribution in [0.4, 0.5) is 0 Å². The Morgan fingerprint density at radius 2 is 1.90 bits per heavy atom. The van der Waals surface area contributed by atoms with Gasteiger partial charge in [0.1, 0.15) is 5.65 Å². The standard InChI is InChI=1S/C22H31N5O2.C2H4/c1-4-6-18(5-2)11-17(3)12-23-14-21(28)26-15-22(29)25-13-19-7-8-20-24-9-10-27(20)16-19;1-2/h4-10,16-17,23H,11-15H2,1-3H3,(H,25,29)(H,26,28);1-2H2/b6-4-,18-5+;. The highest BCUT2D eigenvalue weighted by molar-refractivity contribution is 5.85. The van der Waals surface area contributed by atoms with Crippen LogP contribution >= 0.6 is 0 Å². The van der Waals surface area contributed by atoms with Gasteiger partial charge in [0.2, 0.25) is 11.8 Å². The summed E-state index contributed by atoms with van der Waals surface area (Å²) in [5, 5.41) is 8.59. The van der Waals surface area contributed by atoms with Crippen molar-refractivity contribution in [2.75, 3.05) is 19.6 Å². The van der Waals surface area contributed by atoms with Crippen LogP contribution in [0.3, 0.4) is 0 Å². The topological polar surface area (TPSA) is 87.5 Å². The Morgan fingerprint density at radius 3 is 2.61 bits per heavy atom. The number of rotatable bonds is 11. The molecule has 0 aliphatic carbocycles. The van der Waals surface area contributed by atoms with Crippen molar-refractivity contribution in [2.45, 2.75) is 33.7 Å². The van der Waals surface area contributed by atoms with E-state index in [1.807, 2.05) is 48.9 Å². The van der Waals surface area contributed by atoms with Crippen molar-refractivity contribution in [1.82, 2.24) is 25.3 Å². The molecule has 2 heterocycles. The summed E-state index contributed by atoms with van der Waals surface area (Å²) >= 11 is 0. The predicted octanol–water partition coefficient (Wildman–Crippen LogP) is 3.01. The number of nitrogens with one attached hydrogen (secondary N) is 3. The zero-order valence-corrected chi connectivity index (χ0v) is 18.9. The molecule has 0 spiro atoms. The van der Waals surface area contributed by atoms with E-state index in [4.69, 9.17) is 0 Å². The van der Waals surface area contributed by atoms with Crippen LogP contribution in [0.2, 0.25) is 0 Å². The maximum atomic E-state index is 12.0. The maximum Gasteiger partial charge on any atom is 0.239 e. The fourth-order valence-electron chi connectivity index (χ4n) is 2.98. The molecule has 0 aliphatic heterocycles. The first-order valence-corrected chi connectivity index (χ1v) is 10.5. The van der Waals surface area contributed by atoms with Crippen LogP contribution in [-0.4, -0.2) is 40.8 Å². The van der Waals surface area contributed by atoms with Crippen molar-refractivity contribution in [3.63, 3.8) is 0 Å². The molecule has 31 heavy (non-hydrogen) atoms. The Morgan fingerprint density at radius 1 is 1.16 bits per heavy atom. The predicted molar refractivity (Wildman–Crippen MR) is 127 cm³/mol. The van der Waals surface area contributed by atoms with E-state index in [-0.39, 0.29) is 24.9 Å². The highest BCUT2D eigenvalue weighted by atomic mass is 16.2. The highest BCUT2D eigenvalue weighted by Gasteiger charge is 2.08. The molecule has 1 atom stereocenters. The largest absolute Gasteiger partial charge is 0.350 e. The average molecular weight is 426 g/mol. The van der Waals surface area contributed by atoms with Crippen LogP contribution in [0.15, 0.2) is 67.7 Å². The van der Waals surface area contributed by atoms with Gasteiger partial charge in [-0.15, -0.1) is 13.2 Å². The SMILES string of the molecule is C/C=C\C(=C/C)CC(C)CNCC(=O)NCC(=O)NCc1ccc2nccn2c1.C=C. The molecule has 1 unspecified atom stereocenters. The molecule has 2 aromatic heterocycles. The second-order valence-corrected chi connectivity index (χ2v) is 7.09. The van der Waals surface area contributed by atoms with Crippen molar-refractivity contribution in [1.29, 1.82) is 0 Å². The minimum absolute atomic E-state index is 0.0343. The fraction of sp³-hybridized carbons (Fsp3) is 0.375. The molecule has 168 valence electrons. The van der Waals surface area contributed by atoms with E-state index in [0.717, 1.165) is 24.2 Å². The van der Waals surface area contributed by atoms with E-state index in [1.54, 1.807) is 6.20 Å². The Hall–Kier alpha value is -3.19. The van der Waals surface area contributed by atoms with Gasteiger partial charge in [-0.2, -0.15) is 0 Å². The van der Waals surface area contributed by atoms with Gasteiger partial charge in [0.05, 0.1) is 13.1 Å². The van der Waals surface area contributed by atoms with Crippen molar-refractivity contribution in [3.8, 4) is 0 Å². The van der Waals surface area contributed by atoms with Gasteiger partial charge in [-0.3, -0.25) is 9.59 Å². The lowest BCUT2D eigenvalue weighted by Crippen LogP contribution is -2.41. The molecule has 0 aliphatic rings. The van der Waals surface area contributed by atoms with Gasteiger partial charge >= 0.3 is 0 Å². The Kier molecular flexibility index (Phi) is 12.3. The maximum absolute atomic E-state index is 12.0. The lowest BCUT2D eigenvalue weighted by atomic mass is 10.0. The van der Waals surface area contributed by atoms with E-state index in [9.17, 15) is 9.59 Å². The van der Waals surface area contributed by atoms with Gasteiger partial charge in [0, 0.05) is 25.1 Å². The van der Waals surface area contributed by atoms with Crippen LogP contribution in [0, 0.1) is 5.92 Å². The van der Waals surface area contributed by atoms with E-state index in [0.29, 0.717) is 12.5 Å². The second kappa shape index (κ2) is 14.7. The molecule has 7 nitrogen and oxygen atoms in total. The highest BCUT2D eigenvalue weighted by Crippen LogP contribution is 2.11. The van der Waals surface area contributed by atoms with Crippen molar-refractivity contribution in [2.24, 2.45) is 5.92 Å². The summed E-state index contributed by atoms with van der Waals surface area (Å²) in [6.45, 7) is 13.5. The number of hydrogen-bond acceptors (Lipinski definition) is 4. The summed E-state index contributed by atoms with van der Waals surface area (Å²) in [5.41, 5.74) is 3.11. The summed E-state index contributed by atoms with van der Waals surface area (Å²) in [5.74, 6) is 0.00903. The molecule has 0 bridgehead atoms. The van der Waals surface area contributed by atoms with E-state index < -0.39 is 0 Å². The normalized spacial score (nSPS) is 12.3. The zero-order valence-electron chi connectivity index (χ0n) is 18.9. The Balaban J connectivity index is 0.00000233. The molecule has 2 amide bonds. The van der Waals surface area contributed by atoms with E-state index >= 15 is 0 Å². The molecule has 2 aromatic rings. The number of amides is 2. The molecular weight excluding hydrogens is 390 g/mol. The Labute approximate surface area is 185 Å². The van der Waals surface area contributed by atoms with Crippen LogP contribution in [0.1, 0.15) is 32.8 Å². The van der Waals surface area contributed by atoms with Gasteiger partial charge in [0.25, 0.3) is 0 Å². The summed E-state index contributed by atoms with van der Waals surface area (Å²) < 4.78 is 1.90. The second-order valence-electron chi connectivity index (χ2n) is 7.09. The third-order valence-electron chi connectivity index (χ3n) is 4.50. The van der Waals surface area contributed by atoms with Crippen LogP contribution < -0.4 is 16.0 Å². The lowest BCUT2D eigenvalue weighted by molar-refractivity contribution is -0.125. The molecule has 0 saturated carbocycles. The number of hydrogen-bond donors (Lipinski definition) is 3. The molecule has 0 saturated heterocycles. The van der Waals surface area contributed by atoms with Gasteiger partial charge < -0.3 is 20.4 Å². The van der Waals surface area contributed by atoms with Gasteiger partial charge in [-0.25, -0.2) is 4.98 Å². The number of imidazole rings is 1. The number of fused-ring (bicyclic) bond motifs is 1. The smallest absolute Gasteiger partial charge is 0.239 e. The third-order valence-corrected chi connectivity index (χ3v) is 4.50. The lowest BCUT2D eigenvalue weighted by Gasteiger charge is -2.13. The number of allylic oxidation sites excluding steroid dienone is 4. The quantitative estimate of drug-likeness (QED) is 0.381. The molecular formula is C24H35N5O2. The molecule has 0 fully saturated rings. The monoisotopic (exact) mass is 425 g/mol. The first-order chi connectivity index (χ1) is 15.0. The minimum Gasteiger partial charge on any atom is -0.350 e. The summed E-state index contributed by atoms with van der Waals surface area (Å²) in [7, 11) is 0. The van der Waals surface area contributed by atoms with Crippen LogP contribution in [0.25, 0.3) is 5.65 Å². The summed E-state index contributed by atoms with van der Waals surface area (Å²) in [4.78, 5) is 28.1. The first kappa shape index (κ1) is 25.8. The van der Waals surface area contributed by atoms with Crippen molar-refractivity contribution < 1.29 is 9.59 Å². The number of carbonyl (C=O) groups excluding carboxylic acids is 2. The van der Waals surface area contributed by atoms with Crippen LogP contribution in [0.5, 0.6) is 0 Å². The number of aromatic nitrogens is 2. The molecule has 7 heteroatoms. The summed E-state index contributed by atoms with van der Waals surface area (Å²) in [6, 6.07) is 3.81. The van der Waals surface area contributed by atoms with Crippen molar-refractivity contribution in [3.05, 3.63) is 73.2 Å². The van der Waals surface area contributed by atoms with Crippen molar-refractivity contribution >= 4 is 17.5 Å². The number of pyridine rings is 1. The minimum atomic E-state index is -0.221. The molecule has 0 radical (unpaired) electrons. The molecule has 3 N–H and O–H groups in total. The van der Waals surface area contributed by atoms with Crippen LogP contribution in [-0.2, 0) is 16.1 Å². The van der Waals surface area contributed by atoms with Gasteiger partial charge in [0.15, 0.2) is 0 Å². The number of nitrogens with zero attached hydrogens (tertiary/aromatic N) is 2. The van der Waals surface area contributed by atoms with Gasteiger partial charge in [-0.1, -0.05) is 36.8 Å². The molecule has 2 rings (SSSR count). The van der Waals surface area contributed by atoms with Gasteiger partial charge in [-0.05, 0) is 44.4 Å². The third kappa shape index (κ3) is 9.91. The van der Waals surface area contributed by atoms with E-state index in [1.165, 1.54) is 5.57 Å². The first-order valence-electron chi connectivity index (χ1n) is 10.5. The summed E-state index contributed by atoms with van der Waals surface area (Å²) in [6.07, 6.45) is 12.7.